The number of rotatable bonds is 8. The Kier molecular flexibility index (Phi) is 7.00. The van der Waals surface area contributed by atoms with Crippen molar-refractivity contribution in [2.75, 3.05) is 12.5 Å². The highest BCUT2D eigenvalue weighted by Crippen LogP contribution is 2.13. The molecule has 0 saturated heterocycles. The smallest absolute Gasteiger partial charge is 0.257 e. The standard InChI is InChI=1S/C18H18ClF2NO2/c19-12-13(6-5-11-24-14-7-2-1-3-8-14)22-18(23)17-15(20)9-4-10-16(17)21/h1-4,7-10,13H,5-6,11-12H2,(H,22,23). The van der Waals surface area contributed by atoms with Gasteiger partial charge in [0.15, 0.2) is 0 Å². The second-order valence-corrected chi connectivity index (χ2v) is 5.53. The third-order valence-corrected chi connectivity index (χ3v) is 3.79. The Bertz CT molecular complexity index is 647. The fraction of sp³-hybridized carbons (Fsp3) is 0.278. The summed E-state index contributed by atoms with van der Waals surface area (Å²) in [5.41, 5.74) is -0.590. The van der Waals surface area contributed by atoms with Gasteiger partial charge in [-0.05, 0) is 37.1 Å². The molecule has 0 spiro atoms. The van der Waals surface area contributed by atoms with Crippen LogP contribution in [0.15, 0.2) is 48.5 Å². The Hall–Kier alpha value is -2.14. The van der Waals surface area contributed by atoms with Crippen LogP contribution in [0.1, 0.15) is 23.2 Å². The van der Waals surface area contributed by atoms with E-state index >= 15 is 0 Å². The average Bonchev–Trinajstić information content (AvgIpc) is 2.58. The SMILES string of the molecule is O=C(NC(CCl)CCCOc1ccccc1)c1c(F)cccc1F. The molecule has 0 aliphatic carbocycles. The lowest BCUT2D eigenvalue weighted by Gasteiger charge is -2.16. The number of hydrogen-bond donors (Lipinski definition) is 1. The second-order valence-electron chi connectivity index (χ2n) is 5.23. The molecule has 0 aromatic heterocycles. The molecule has 0 heterocycles. The largest absolute Gasteiger partial charge is 0.494 e. The zero-order valence-corrected chi connectivity index (χ0v) is 13.7. The van der Waals surface area contributed by atoms with E-state index in [9.17, 15) is 13.6 Å². The molecule has 3 nitrogen and oxygen atoms in total. The van der Waals surface area contributed by atoms with Gasteiger partial charge in [0.1, 0.15) is 22.9 Å². The molecule has 2 aromatic rings. The van der Waals surface area contributed by atoms with E-state index in [1.54, 1.807) is 0 Å². The van der Waals surface area contributed by atoms with Crippen molar-refractivity contribution in [1.29, 1.82) is 0 Å². The van der Waals surface area contributed by atoms with Crippen molar-refractivity contribution in [3.05, 3.63) is 65.7 Å². The Morgan fingerprint density at radius 3 is 2.38 bits per heavy atom. The first-order valence-corrected chi connectivity index (χ1v) is 8.14. The molecular formula is C18H18ClF2NO2. The van der Waals surface area contributed by atoms with E-state index < -0.39 is 29.1 Å². The van der Waals surface area contributed by atoms with Crippen molar-refractivity contribution in [3.8, 4) is 5.75 Å². The van der Waals surface area contributed by atoms with Crippen LogP contribution in [0.2, 0.25) is 0 Å². The summed E-state index contributed by atoms with van der Waals surface area (Å²) in [5, 5.41) is 2.56. The zero-order chi connectivity index (χ0) is 17.4. The molecule has 0 fully saturated rings. The highest BCUT2D eigenvalue weighted by molar-refractivity contribution is 6.18. The van der Waals surface area contributed by atoms with Gasteiger partial charge in [-0.3, -0.25) is 4.79 Å². The van der Waals surface area contributed by atoms with Crippen LogP contribution in [0.25, 0.3) is 0 Å². The van der Waals surface area contributed by atoms with E-state index in [1.165, 1.54) is 6.07 Å². The Morgan fingerprint density at radius 2 is 1.75 bits per heavy atom. The number of nitrogens with one attached hydrogen (secondary N) is 1. The minimum absolute atomic E-state index is 0.146. The van der Waals surface area contributed by atoms with Crippen LogP contribution < -0.4 is 10.1 Å². The molecule has 2 aromatic carbocycles. The van der Waals surface area contributed by atoms with E-state index in [0.29, 0.717) is 19.4 Å². The lowest BCUT2D eigenvalue weighted by molar-refractivity contribution is 0.0929. The number of ether oxygens (including phenoxy) is 1. The van der Waals surface area contributed by atoms with Crippen LogP contribution in [0, 0.1) is 11.6 Å². The molecule has 1 N–H and O–H groups in total. The number of alkyl halides is 1. The van der Waals surface area contributed by atoms with Gasteiger partial charge in [-0.25, -0.2) is 8.78 Å². The first-order chi connectivity index (χ1) is 11.6. The molecule has 2 rings (SSSR count). The van der Waals surface area contributed by atoms with Crippen LogP contribution in [0.3, 0.4) is 0 Å². The maximum atomic E-state index is 13.6. The minimum atomic E-state index is -0.895. The topological polar surface area (TPSA) is 38.3 Å². The Labute approximate surface area is 144 Å². The van der Waals surface area contributed by atoms with E-state index in [4.69, 9.17) is 16.3 Å². The number of carbonyl (C=O) groups is 1. The molecule has 128 valence electrons. The first kappa shape index (κ1) is 18.2. The maximum Gasteiger partial charge on any atom is 0.257 e. The average molecular weight is 354 g/mol. The molecule has 1 amide bonds. The number of amides is 1. The van der Waals surface area contributed by atoms with Crippen LogP contribution in [-0.2, 0) is 0 Å². The summed E-state index contributed by atoms with van der Waals surface area (Å²) in [5.74, 6) is -1.69. The first-order valence-electron chi connectivity index (χ1n) is 7.60. The van der Waals surface area contributed by atoms with Crippen molar-refractivity contribution >= 4 is 17.5 Å². The van der Waals surface area contributed by atoms with Gasteiger partial charge in [-0.2, -0.15) is 0 Å². The fourth-order valence-electron chi connectivity index (χ4n) is 2.20. The zero-order valence-electron chi connectivity index (χ0n) is 13.0. The molecular weight excluding hydrogens is 336 g/mol. The van der Waals surface area contributed by atoms with Gasteiger partial charge in [0.2, 0.25) is 0 Å². The summed E-state index contributed by atoms with van der Waals surface area (Å²) in [6.45, 7) is 0.460. The number of hydrogen-bond acceptors (Lipinski definition) is 2. The van der Waals surface area contributed by atoms with Gasteiger partial charge in [-0.15, -0.1) is 11.6 Å². The molecule has 24 heavy (non-hydrogen) atoms. The highest BCUT2D eigenvalue weighted by atomic mass is 35.5. The normalized spacial score (nSPS) is 11.8. The summed E-state index contributed by atoms with van der Waals surface area (Å²) in [7, 11) is 0. The molecule has 1 atom stereocenters. The van der Waals surface area contributed by atoms with Gasteiger partial charge in [0.05, 0.1) is 6.61 Å². The molecule has 0 aliphatic rings. The van der Waals surface area contributed by atoms with Crippen molar-refractivity contribution in [1.82, 2.24) is 5.32 Å². The van der Waals surface area contributed by atoms with Crippen LogP contribution in [0.4, 0.5) is 8.78 Å². The Balaban J connectivity index is 1.82. The van der Waals surface area contributed by atoms with Crippen LogP contribution >= 0.6 is 11.6 Å². The summed E-state index contributed by atoms with van der Waals surface area (Å²) < 4.78 is 32.7. The number of para-hydroxylation sites is 1. The summed E-state index contributed by atoms with van der Waals surface area (Å²) in [4.78, 5) is 12.0. The van der Waals surface area contributed by atoms with E-state index in [0.717, 1.165) is 17.9 Å². The van der Waals surface area contributed by atoms with Gasteiger partial charge in [0, 0.05) is 11.9 Å². The van der Waals surface area contributed by atoms with Crippen LogP contribution in [0.5, 0.6) is 5.75 Å². The van der Waals surface area contributed by atoms with Gasteiger partial charge < -0.3 is 10.1 Å². The maximum absolute atomic E-state index is 13.6. The monoisotopic (exact) mass is 353 g/mol. The van der Waals surface area contributed by atoms with E-state index in [-0.39, 0.29) is 5.88 Å². The molecule has 6 heteroatoms. The van der Waals surface area contributed by atoms with Gasteiger partial charge in [0.25, 0.3) is 5.91 Å². The highest BCUT2D eigenvalue weighted by Gasteiger charge is 2.19. The number of halogens is 3. The van der Waals surface area contributed by atoms with E-state index in [1.807, 2.05) is 30.3 Å². The third-order valence-electron chi connectivity index (χ3n) is 3.42. The summed E-state index contributed by atoms with van der Waals surface area (Å²) >= 11 is 5.83. The van der Waals surface area contributed by atoms with Crippen molar-refractivity contribution in [2.24, 2.45) is 0 Å². The van der Waals surface area contributed by atoms with Crippen molar-refractivity contribution < 1.29 is 18.3 Å². The third kappa shape index (κ3) is 5.20. The van der Waals surface area contributed by atoms with Gasteiger partial charge >= 0.3 is 0 Å². The van der Waals surface area contributed by atoms with Crippen molar-refractivity contribution in [3.63, 3.8) is 0 Å². The lowest BCUT2D eigenvalue weighted by atomic mass is 10.1. The number of carbonyl (C=O) groups excluding carboxylic acids is 1. The summed E-state index contributed by atoms with van der Waals surface area (Å²) in [6.07, 6.45) is 1.18. The predicted octanol–water partition coefficient (Wildman–Crippen LogP) is 4.16. The summed E-state index contributed by atoms with van der Waals surface area (Å²) in [6, 6.07) is 12.2. The Morgan fingerprint density at radius 1 is 1.08 bits per heavy atom. The molecule has 0 aliphatic heterocycles. The fourth-order valence-corrected chi connectivity index (χ4v) is 2.43. The molecule has 0 bridgehead atoms. The quantitative estimate of drug-likeness (QED) is 0.571. The van der Waals surface area contributed by atoms with Gasteiger partial charge in [-0.1, -0.05) is 24.3 Å². The van der Waals surface area contributed by atoms with E-state index in [2.05, 4.69) is 5.32 Å². The predicted molar refractivity (Wildman–Crippen MR) is 89.5 cm³/mol. The van der Waals surface area contributed by atoms with Crippen LogP contribution in [-0.4, -0.2) is 24.4 Å². The minimum Gasteiger partial charge on any atom is -0.494 e. The second kappa shape index (κ2) is 9.23. The molecule has 0 radical (unpaired) electrons. The molecule has 1 unspecified atom stereocenters. The number of benzene rings is 2. The lowest BCUT2D eigenvalue weighted by Crippen LogP contribution is -2.37. The molecule has 0 saturated carbocycles. The van der Waals surface area contributed by atoms with Crippen molar-refractivity contribution in [2.45, 2.75) is 18.9 Å².